The normalized spacial score (nSPS) is 16.1. The highest BCUT2D eigenvalue weighted by molar-refractivity contribution is 6.49. The first-order valence-corrected chi connectivity index (χ1v) is 5.54. The molecular formula is C11H9ClF2N2O. The number of hydrogen-bond donors (Lipinski definition) is 0. The van der Waals surface area contributed by atoms with E-state index in [1.165, 1.54) is 5.01 Å². The molecule has 6 heteroatoms. The second-order valence-electron chi connectivity index (χ2n) is 3.60. The van der Waals surface area contributed by atoms with Gasteiger partial charge < -0.3 is 0 Å². The average Bonchev–Trinajstić information content (AvgIpc) is 2.28. The molecule has 0 aromatic heterocycles. The Bertz CT molecular complexity index is 470. The SMILES string of the molecule is O=C1CCN(c2cc(F)cc(F)c2)N=C1CCl. The van der Waals surface area contributed by atoms with Crippen molar-refractivity contribution in [2.24, 2.45) is 5.10 Å². The summed E-state index contributed by atoms with van der Waals surface area (Å²) in [5.74, 6) is -1.50. The largest absolute Gasteiger partial charge is 0.293 e. The molecule has 0 N–H and O–H groups in total. The van der Waals surface area contributed by atoms with Crippen LogP contribution in [0, 0.1) is 11.6 Å². The number of halogens is 3. The van der Waals surface area contributed by atoms with E-state index in [9.17, 15) is 13.6 Å². The van der Waals surface area contributed by atoms with Gasteiger partial charge in [0, 0.05) is 19.0 Å². The molecule has 0 bridgehead atoms. The van der Waals surface area contributed by atoms with Gasteiger partial charge in [-0.05, 0) is 12.1 Å². The number of Topliss-reactive ketones (excluding diaryl/α,β-unsaturated/α-hetero) is 1. The molecule has 0 radical (unpaired) electrons. The van der Waals surface area contributed by atoms with E-state index in [0.29, 0.717) is 6.54 Å². The minimum atomic E-state index is -0.681. The van der Waals surface area contributed by atoms with Crippen LogP contribution >= 0.6 is 11.6 Å². The van der Waals surface area contributed by atoms with Crippen LogP contribution < -0.4 is 5.01 Å². The molecule has 3 nitrogen and oxygen atoms in total. The van der Waals surface area contributed by atoms with Crippen molar-refractivity contribution in [1.29, 1.82) is 0 Å². The Balaban J connectivity index is 2.34. The highest BCUT2D eigenvalue weighted by Gasteiger charge is 2.20. The maximum absolute atomic E-state index is 13.0. The van der Waals surface area contributed by atoms with Crippen molar-refractivity contribution < 1.29 is 13.6 Å². The monoisotopic (exact) mass is 258 g/mol. The number of benzene rings is 1. The van der Waals surface area contributed by atoms with Gasteiger partial charge in [0.15, 0.2) is 5.78 Å². The van der Waals surface area contributed by atoms with E-state index in [1.54, 1.807) is 0 Å². The summed E-state index contributed by atoms with van der Waals surface area (Å²) in [7, 11) is 0. The zero-order valence-corrected chi connectivity index (χ0v) is 9.55. The Morgan fingerprint density at radius 2 is 1.94 bits per heavy atom. The van der Waals surface area contributed by atoms with Gasteiger partial charge in [0.2, 0.25) is 0 Å². The third-order valence-electron chi connectivity index (χ3n) is 2.39. The molecule has 1 aromatic carbocycles. The second kappa shape index (κ2) is 4.79. The molecule has 1 aliphatic heterocycles. The molecule has 1 aliphatic rings. The Hall–Kier alpha value is -1.49. The van der Waals surface area contributed by atoms with Gasteiger partial charge in [0.05, 0.1) is 11.6 Å². The first-order chi connectivity index (χ1) is 8.10. The lowest BCUT2D eigenvalue weighted by atomic mass is 10.1. The standard InChI is InChI=1S/C11H9ClF2N2O/c12-6-10-11(17)1-2-16(15-10)9-4-7(13)3-8(14)5-9/h3-5H,1-2,6H2. The van der Waals surface area contributed by atoms with Crippen molar-refractivity contribution in [3.63, 3.8) is 0 Å². The van der Waals surface area contributed by atoms with Crippen LogP contribution in [0.1, 0.15) is 6.42 Å². The van der Waals surface area contributed by atoms with E-state index in [2.05, 4.69) is 5.10 Å². The molecule has 2 rings (SSSR count). The van der Waals surface area contributed by atoms with Gasteiger partial charge in [-0.1, -0.05) is 0 Å². The summed E-state index contributed by atoms with van der Waals surface area (Å²) in [6, 6.07) is 3.10. The molecule has 0 amide bonds. The van der Waals surface area contributed by atoms with E-state index >= 15 is 0 Å². The molecule has 0 unspecified atom stereocenters. The van der Waals surface area contributed by atoms with Gasteiger partial charge in [-0.15, -0.1) is 11.6 Å². The van der Waals surface area contributed by atoms with E-state index in [-0.39, 0.29) is 29.5 Å². The third kappa shape index (κ3) is 2.61. The molecule has 1 aromatic rings. The number of anilines is 1. The van der Waals surface area contributed by atoms with Crippen molar-refractivity contribution in [2.45, 2.75) is 6.42 Å². The summed E-state index contributed by atoms with van der Waals surface area (Å²) in [5.41, 5.74) is 0.486. The maximum Gasteiger partial charge on any atom is 0.181 e. The number of carbonyl (C=O) groups is 1. The summed E-state index contributed by atoms with van der Waals surface area (Å²) in [5, 5.41) is 5.35. The van der Waals surface area contributed by atoms with Crippen LogP contribution in [-0.2, 0) is 4.79 Å². The quantitative estimate of drug-likeness (QED) is 0.763. The van der Waals surface area contributed by atoms with E-state index < -0.39 is 11.6 Å². The van der Waals surface area contributed by atoms with Crippen molar-refractivity contribution >= 4 is 28.8 Å². The highest BCUT2D eigenvalue weighted by atomic mass is 35.5. The minimum Gasteiger partial charge on any atom is -0.293 e. The summed E-state index contributed by atoms with van der Waals surface area (Å²) in [4.78, 5) is 11.3. The van der Waals surface area contributed by atoms with Crippen LogP contribution in [-0.4, -0.2) is 23.9 Å². The minimum absolute atomic E-state index is 0.00681. The molecule has 0 saturated heterocycles. The Morgan fingerprint density at radius 3 is 2.53 bits per heavy atom. The number of ketones is 1. The molecule has 0 aliphatic carbocycles. The molecule has 0 saturated carbocycles. The molecule has 1 heterocycles. The maximum atomic E-state index is 13.0. The number of hydrogen-bond acceptors (Lipinski definition) is 3. The number of rotatable bonds is 2. The van der Waals surface area contributed by atoms with Crippen LogP contribution in [0.15, 0.2) is 23.3 Å². The Labute approximate surface area is 102 Å². The lowest BCUT2D eigenvalue weighted by Crippen LogP contribution is -2.33. The van der Waals surface area contributed by atoms with Gasteiger partial charge >= 0.3 is 0 Å². The van der Waals surface area contributed by atoms with E-state index in [4.69, 9.17) is 11.6 Å². The van der Waals surface area contributed by atoms with Crippen LogP contribution in [0.3, 0.4) is 0 Å². The molecular weight excluding hydrogens is 250 g/mol. The lowest BCUT2D eigenvalue weighted by molar-refractivity contribution is -0.113. The predicted molar refractivity (Wildman–Crippen MR) is 61.5 cm³/mol. The van der Waals surface area contributed by atoms with Gasteiger partial charge in [-0.3, -0.25) is 9.80 Å². The van der Waals surface area contributed by atoms with Crippen LogP contribution in [0.2, 0.25) is 0 Å². The number of hydrazone groups is 1. The van der Waals surface area contributed by atoms with Gasteiger partial charge in [-0.25, -0.2) is 8.78 Å². The number of carbonyl (C=O) groups excluding carboxylic acids is 1. The molecule has 17 heavy (non-hydrogen) atoms. The fourth-order valence-electron chi connectivity index (χ4n) is 1.58. The number of nitrogens with zero attached hydrogens (tertiary/aromatic N) is 2. The van der Waals surface area contributed by atoms with Crippen LogP contribution in [0.25, 0.3) is 0 Å². The fourth-order valence-corrected chi connectivity index (χ4v) is 1.78. The first kappa shape index (κ1) is 12.0. The Morgan fingerprint density at radius 1 is 1.29 bits per heavy atom. The first-order valence-electron chi connectivity index (χ1n) is 5.00. The zero-order valence-electron chi connectivity index (χ0n) is 8.79. The van der Waals surface area contributed by atoms with Gasteiger partial charge in [-0.2, -0.15) is 5.10 Å². The molecule has 90 valence electrons. The van der Waals surface area contributed by atoms with Gasteiger partial charge in [0.25, 0.3) is 0 Å². The fraction of sp³-hybridized carbons (Fsp3) is 0.273. The lowest BCUT2D eigenvalue weighted by Gasteiger charge is -2.24. The highest BCUT2D eigenvalue weighted by Crippen LogP contribution is 2.21. The predicted octanol–water partition coefficient (Wildman–Crippen LogP) is 2.34. The zero-order chi connectivity index (χ0) is 12.4. The summed E-state index contributed by atoms with van der Waals surface area (Å²) in [6.45, 7) is 0.294. The average molecular weight is 259 g/mol. The molecule has 0 fully saturated rings. The van der Waals surface area contributed by atoms with E-state index in [1.807, 2.05) is 0 Å². The van der Waals surface area contributed by atoms with Crippen molar-refractivity contribution in [3.8, 4) is 0 Å². The summed E-state index contributed by atoms with van der Waals surface area (Å²) in [6.07, 6.45) is 0.240. The molecule has 0 atom stereocenters. The third-order valence-corrected chi connectivity index (χ3v) is 2.64. The van der Waals surface area contributed by atoms with Gasteiger partial charge in [0.1, 0.15) is 17.3 Å². The van der Waals surface area contributed by atoms with Crippen LogP contribution in [0.4, 0.5) is 14.5 Å². The van der Waals surface area contributed by atoms with Crippen molar-refractivity contribution in [1.82, 2.24) is 0 Å². The smallest absolute Gasteiger partial charge is 0.181 e. The molecule has 0 spiro atoms. The van der Waals surface area contributed by atoms with Crippen LogP contribution in [0.5, 0.6) is 0 Å². The second-order valence-corrected chi connectivity index (χ2v) is 3.87. The number of alkyl halides is 1. The van der Waals surface area contributed by atoms with E-state index in [0.717, 1.165) is 18.2 Å². The van der Waals surface area contributed by atoms with Crippen molar-refractivity contribution in [3.05, 3.63) is 29.8 Å². The Kier molecular flexibility index (Phi) is 3.38. The topological polar surface area (TPSA) is 32.7 Å². The summed E-state index contributed by atoms with van der Waals surface area (Å²) >= 11 is 5.56. The van der Waals surface area contributed by atoms with Crippen molar-refractivity contribution in [2.75, 3.05) is 17.4 Å². The summed E-state index contributed by atoms with van der Waals surface area (Å²) < 4.78 is 26.1.